The molecule has 0 aromatic heterocycles. The second-order valence-corrected chi connectivity index (χ2v) is 6.51. The fourth-order valence-corrected chi connectivity index (χ4v) is 3.59. The van der Waals surface area contributed by atoms with Crippen LogP contribution in [0.3, 0.4) is 0 Å². The van der Waals surface area contributed by atoms with Crippen molar-refractivity contribution in [1.29, 1.82) is 0 Å². The van der Waals surface area contributed by atoms with Gasteiger partial charge in [-0.15, -0.1) is 0 Å². The molecule has 4 nitrogen and oxygen atoms in total. The van der Waals surface area contributed by atoms with Crippen molar-refractivity contribution >= 4 is 10.0 Å². The molecule has 0 spiro atoms. The lowest BCUT2D eigenvalue weighted by atomic mass is 10.3. The third-order valence-corrected chi connectivity index (χ3v) is 5.10. The minimum absolute atomic E-state index is 0.0716. The Labute approximate surface area is 113 Å². The number of rotatable bonds is 3. The van der Waals surface area contributed by atoms with Gasteiger partial charge < -0.3 is 4.74 Å². The number of benzene rings is 1. The maximum absolute atomic E-state index is 12.9. The van der Waals surface area contributed by atoms with Crippen LogP contribution in [0.25, 0.3) is 0 Å². The van der Waals surface area contributed by atoms with Gasteiger partial charge in [0, 0.05) is 19.7 Å². The molecule has 1 saturated heterocycles. The summed E-state index contributed by atoms with van der Waals surface area (Å²) in [6.07, 6.45) is 1.38. The molecule has 0 N–H and O–H groups in total. The Morgan fingerprint density at radius 3 is 2.68 bits per heavy atom. The van der Waals surface area contributed by atoms with Gasteiger partial charge in [0.15, 0.2) is 0 Å². The normalized spacial score (nSPS) is 22.1. The first-order valence-electron chi connectivity index (χ1n) is 6.41. The average molecular weight is 287 g/mol. The van der Waals surface area contributed by atoms with E-state index in [0.717, 1.165) is 6.42 Å². The minimum atomic E-state index is -3.56. The van der Waals surface area contributed by atoms with Crippen molar-refractivity contribution in [1.82, 2.24) is 4.31 Å². The van der Waals surface area contributed by atoms with E-state index in [-0.39, 0.29) is 11.0 Å². The summed E-state index contributed by atoms with van der Waals surface area (Å²) in [5.41, 5.74) is 0. The van der Waals surface area contributed by atoms with E-state index >= 15 is 0 Å². The molecule has 1 fully saturated rings. The van der Waals surface area contributed by atoms with Crippen molar-refractivity contribution in [3.8, 4) is 0 Å². The number of halogens is 1. The summed E-state index contributed by atoms with van der Waals surface area (Å²) >= 11 is 0. The van der Waals surface area contributed by atoms with Gasteiger partial charge >= 0.3 is 0 Å². The van der Waals surface area contributed by atoms with Crippen molar-refractivity contribution in [2.24, 2.45) is 0 Å². The van der Waals surface area contributed by atoms with Crippen molar-refractivity contribution < 1.29 is 17.5 Å². The van der Waals surface area contributed by atoms with Crippen LogP contribution in [0.1, 0.15) is 19.8 Å². The summed E-state index contributed by atoms with van der Waals surface area (Å²) in [4.78, 5) is 0.130. The molecule has 1 aromatic rings. The molecule has 1 aliphatic rings. The molecule has 2 rings (SSSR count). The Hall–Kier alpha value is -0.980. The first-order valence-corrected chi connectivity index (χ1v) is 7.85. The smallest absolute Gasteiger partial charge is 0.243 e. The Kier molecular flexibility index (Phi) is 4.54. The molecule has 0 saturated carbocycles. The highest BCUT2D eigenvalue weighted by Crippen LogP contribution is 2.20. The van der Waals surface area contributed by atoms with Crippen LogP contribution in [0.5, 0.6) is 0 Å². The van der Waals surface area contributed by atoms with E-state index in [1.165, 1.54) is 28.6 Å². The van der Waals surface area contributed by atoms with E-state index in [0.29, 0.717) is 26.1 Å². The van der Waals surface area contributed by atoms with Gasteiger partial charge in [-0.1, -0.05) is 6.92 Å². The van der Waals surface area contributed by atoms with Crippen LogP contribution in [0, 0.1) is 5.82 Å². The number of sulfonamides is 1. The van der Waals surface area contributed by atoms with E-state index in [1.807, 2.05) is 6.92 Å². The lowest BCUT2D eigenvalue weighted by molar-refractivity contribution is 0.0593. The topological polar surface area (TPSA) is 46.6 Å². The van der Waals surface area contributed by atoms with Crippen LogP contribution in [-0.4, -0.2) is 38.5 Å². The van der Waals surface area contributed by atoms with E-state index in [2.05, 4.69) is 0 Å². The number of hydrogen-bond donors (Lipinski definition) is 0. The first kappa shape index (κ1) is 14.4. The van der Waals surface area contributed by atoms with E-state index in [4.69, 9.17) is 4.74 Å². The van der Waals surface area contributed by atoms with Gasteiger partial charge in [0.05, 0.1) is 11.0 Å². The highest BCUT2D eigenvalue weighted by molar-refractivity contribution is 7.89. The summed E-state index contributed by atoms with van der Waals surface area (Å²) < 4.78 is 44.8. The molecule has 0 bridgehead atoms. The number of ether oxygens (including phenoxy) is 1. The maximum atomic E-state index is 12.9. The van der Waals surface area contributed by atoms with Crippen LogP contribution < -0.4 is 0 Å². The molecule has 0 radical (unpaired) electrons. The molecule has 6 heteroatoms. The quantitative estimate of drug-likeness (QED) is 0.854. The Balaban J connectivity index is 2.24. The summed E-state index contributed by atoms with van der Waals surface area (Å²) in [5.74, 6) is -0.440. The van der Waals surface area contributed by atoms with Crippen molar-refractivity contribution in [3.05, 3.63) is 30.1 Å². The van der Waals surface area contributed by atoms with Gasteiger partial charge in [-0.2, -0.15) is 4.31 Å². The average Bonchev–Trinajstić information content (AvgIpc) is 2.65. The molecule has 106 valence electrons. The molecule has 1 atom stereocenters. The molecule has 0 aliphatic carbocycles. The zero-order chi connectivity index (χ0) is 13.9. The Bertz CT molecular complexity index is 515. The van der Waals surface area contributed by atoms with Crippen molar-refractivity contribution in [2.75, 3.05) is 19.7 Å². The highest BCUT2D eigenvalue weighted by atomic mass is 32.2. The van der Waals surface area contributed by atoms with Crippen molar-refractivity contribution in [2.45, 2.75) is 30.8 Å². The van der Waals surface area contributed by atoms with Crippen LogP contribution >= 0.6 is 0 Å². The highest BCUT2D eigenvalue weighted by Gasteiger charge is 2.28. The molecular formula is C13H18FNO3S. The summed E-state index contributed by atoms with van der Waals surface area (Å²) in [5, 5.41) is 0. The predicted molar refractivity (Wildman–Crippen MR) is 69.8 cm³/mol. The summed E-state index contributed by atoms with van der Waals surface area (Å²) in [6, 6.07) is 4.94. The van der Waals surface area contributed by atoms with Gasteiger partial charge in [0.25, 0.3) is 0 Å². The fraction of sp³-hybridized carbons (Fsp3) is 0.538. The van der Waals surface area contributed by atoms with E-state index in [9.17, 15) is 12.8 Å². The van der Waals surface area contributed by atoms with Crippen LogP contribution in [0.15, 0.2) is 29.2 Å². The van der Waals surface area contributed by atoms with E-state index in [1.54, 1.807) is 0 Å². The van der Waals surface area contributed by atoms with Gasteiger partial charge in [0.2, 0.25) is 10.0 Å². The summed E-state index contributed by atoms with van der Waals surface area (Å²) in [6.45, 7) is 3.35. The molecular weight excluding hydrogens is 269 g/mol. The third-order valence-electron chi connectivity index (χ3n) is 3.22. The first-order chi connectivity index (χ1) is 9.04. The molecule has 1 aliphatic heterocycles. The van der Waals surface area contributed by atoms with Gasteiger partial charge in [-0.25, -0.2) is 12.8 Å². The lowest BCUT2D eigenvalue weighted by Crippen LogP contribution is -2.36. The van der Waals surface area contributed by atoms with Crippen LogP contribution in [-0.2, 0) is 14.8 Å². The molecule has 1 aromatic carbocycles. The maximum Gasteiger partial charge on any atom is 0.243 e. The molecule has 0 amide bonds. The Morgan fingerprint density at radius 1 is 1.37 bits per heavy atom. The molecule has 1 unspecified atom stereocenters. The largest absolute Gasteiger partial charge is 0.377 e. The second kappa shape index (κ2) is 5.98. The monoisotopic (exact) mass is 287 g/mol. The standard InChI is InChI=1S/C13H18FNO3S/c1-2-12-10-15(8-3-9-18-12)19(16,17)13-6-4-11(14)5-7-13/h4-7,12H,2-3,8-10H2,1H3. The van der Waals surface area contributed by atoms with Gasteiger partial charge in [0.1, 0.15) is 5.82 Å². The zero-order valence-corrected chi connectivity index (χ0v) is 11.7. The SMILES string of the molecule is CCC1CN(S(=O)(=O)c2ccc(F)cc2)CCCO1. The van der Waals surface area contributed by atoms with Crippen molar-refractivity contribution in [3.63, 3.8) is 0 Å². The molecule has 1 heterocycles. The summed E-state index contributed by atoms with van der Waals surface area (Å²) in [7, 11) is -3.56. The van der Waals surface area contributed by atoms with Gasteiger partial charge in [-0.05, 0) is 37.1 Å². The Morgan fingerprint density at radius 2 is 2.05 bits per heavy atom. The minimum Gasteiger partial charge on any atom is -0.377 e. The lowest BCUT2D eigenvalue weighted by Gasteiger charge is -2.22. The molecule has 19 heavy (non-hydrogen) atoms. The predicted octanol–water partition coefficient (Wildman–Crippen LogP) is 2.02. The third kappa shape index (κ3) is 3.32. The van der Waals surface area contributed by atoms with E-state index < -0.39 is 15.8 Å². The fourth-order valence-electron chi connectivity index (χ4n) is 2.08. The zero-order valence-electron chi connectivity index (χ0n) is 10.9. The second-order valence-electron chi connectivity index (χ2n) is 4.57. The van der Waals surface area contributed by atoms with Crippen LogP contribution in [0.2, 0.25) is 0 Å². The number of nitrogens with zero attached hydrogens (tertiary/aromatic N) is 1. The van der Waals surface area contributed by atoms with Gasteiger partial charge in [-0.3, -0.25) is 0 Å². The number of hydrogen-bond acceptors (Lipinski definition) is 3. The van der Waals surface area contributed by atoms with Crippen LogP contribution in [0.4, 0.5) is 4.39 Å².